The van der Waals surface area contributed by atoms with Gasteiger partial charge in [0.25, 0.3) is 5.56 Å². The van der Waals surface area contributed by atoms with Crippen molar-refractivity contribution in [3.63, 3.8) is 0 Å². The molecule has 32 heavy (non-hydrogen) atoms. The first-order valence-corrected chi connectivity index (χ1v) is 10.5. The summed E-state index contributed by atoms with van der Waals surface area (Å²) >= 11 is 0. The third-order valence-corrected chi connectivity index (χ3v) is 6.16. The van der Waals surface area contributed by atoms with Crippen LogP contribution < -0.4 is 11.2 Å². The van der Waals surface area contributed by atoms with Crippen molar-refractivity contribution < 1.29 is 4.74 Å². The van der Waals surface area contributed by atoms with Gasteiger partial charge in [0, 0.05) is 26.4 Å². The van der Waals surface area contributed by atoms with E-state index >= 15 is 0 Å². The van der Waals surface area contributed by atoms with Gasteiger partial charge in [0.05, 0.1) is 18.8 Å². The molecule has 0 saturated carbocycles. The minimum Gasteiger partial charge on any atom is -0.383 e. The zero-order chi connectivity index (χ0) is 23.2. The van der Waals surface area contributed by atoms with Crippen LogP contribution in [0.4, 0.5) is 0 Å². The molecule has 0 radical (unpaired) electrons. The summed E-state index contributed by atoms with van der Waals surface area (Å²) in [5, 5.41) is 4.62. The Balaban J connectivity index is 2.02. The van der Waals surface area contributed by atoms with Crippen molar-refractivity contribution in [3.8, 4) is 5.95 Å². The highest BCUT2D eigenvalue weighted by Gasteiger charge is 2.23. The van der Waals surface area contributed by atoms with Crippen LogP contribution in [0.1, 0.15) is 28.1 Å². The molecule has 9 heteroatoms. The standard InChI is InChI=1S/C23H28N6O3/c1-14-9-7-8-10-18(14)13-28-21(30)19-20(26(5)23(28)31)24-22(27(19)11-12-32-6)29-17(4)15(2)16(3)25-29/h7-10H,11-13H2,1-6H3. The smallest absolute Gasteiger partial charge is 0.332 e. The van der Waals surface area contributed by atoms with Crippen molar-refractivity contribution in [3.05, 3.63) is 73.2 Å². The van der Waals surface area contributed by atoms with E-state index in [0.717, 1.165) is 28.1 Å². The quantitative estimate of drug-likeness (QED) is 0.461. The molecule has 4 aromatic rings. The van der Waals surface area contributed by atoms with Crippen LogP contribution in [0.2, 0.25) is 0 Å². The van der Waals surface area contributed by atoms with E-state index in [4.69, 9.17) is 9.72 Å². The van der Waals surface area contributed by atoms with Crippen molar-refractivity contribution in [1.29, 1.82) is 0 Å². The molecule has 0 bridgehead atoms. The Kier molecular flexibility index (Phi) is 5.60. The zero-order valence-corrected chi connectivity index (χ0v) is 19.3. The van der Waals surface area contributed by atoms with Crippen LogP contribution in [0.5, 0.6) is 0 Å². The molecule has 0 spiro atoms. The molecule has 0 atom stereocenters. The van der Waals surface area contributed by atoms with Gasteiger partial charge in [-0.15, -0.1) is 0 Å². The summed E-state index contributed by atoms with van der Waals surface area (Å²) in [6.07, 6.45) is 0. The molecule has 9 nitrogen and oxygen atoms in total. The predicted octanol–water partition coefficient (Wildman–Crippen LogP) is 2.01. The number of fused-ring (bicyclic) bond motifs is 1. The highest BCUT2D eigenvalue weighted by atomic mass is 16.5. The molecule has 3 aromatic heterocycles. The first kappa shape index (κ1) is 21.8. The number of methoxy groups -OCH3 is 1. The van der Waals surface area contributed by atoms with Gasteiger partial charge in [-0.25, -0.2) is 9.48 Å². The molecule has 0 N–H and O–H groups in total. The zero-order valence-electron chi connectivity index (χ0n) is 19.3. The number of benzene rings is 1. The number of hydrogen-bond acceptors (Lipinski definition) is 5. The first-order valence-electron chi connectivity index (χ1n) is 10.5. The van der Waals surface area contributed by atoms with Gasteiger partial charge in [-0.2, -0.15) is 10.1 Å². The number of rotatable bonds is 6. The third-order valence-electron chi connectivity index (χ3n) is 6.16. The maximum absolute atomic E-state index is 13.6. The second kappa shape index (κ2) is 8.23. The van der Waals surface area contributed by atoms with Crippen molar-refractivity contribution in [2.75, 3.05) is 13.7 Å². The molecule has 0 unspecified atom stereocenters. The van der Waals surface area contributed by atoms with E-state index in [1.54, 1.807) is 23.4 Å². The lowest BCUT2D eigenvalue weighted by Crippen LogP contribution is -2.40. The Bertz CT molecular complexity index is 1440. The normalized spacial score (nSPS) is 11.6. The fourth-order valence-electron chi connectivity index (χ4n) is 3.93. The highest BCUT2D eigenvalue weighted by molar-refractivity contribution is 5.72. The summed E-state index contributed by atoms with van der Waals surface area (Å²) in [4.78, 5) is 31.5. The number of hydrogen-bond donors (Lipinski definition) is 0. The van der Waals surface area contributed by atoms with Gasteiger partial charge in [0.2, 0.25) is 5.95 Å². The average molecular weight is 437 g/mol. The molecule has 0 aliphatic rings. The number of aromatic nitrogens is 6. The van der Waals surface area contributed by atoms with Crippen LogP contribution in [-0.4, -0.2) is 42.2 Å². The van der Waals surface area contributed by atoms with Gasteiger partial charge in [-0.1, -0.05) is 24.3 Å². The number of imidazole rings is 1. The third kappa shape index (κ3) is 3.38. The summed E-state index contributed by atoms with van der Waals surface area (Å²) in [5.41, 5.74) is 4.73. The number of ether oxygens (including phenoxy) is 1. The molecule has 1 aromatic carbocycles. The lowest BCUT2D eigenvalue weighted by molar-refractivity contribution is 0.188. The fraction of sp³-hybridized carbons (Fsp3) is 0.391. The monoisotopic (exact) mass is 436 g/mol. The Labute approximate surface area is 185 Å². The van der Waals surface area contributed by atoms with Crippen LogP contribution in [-0.2, 0) is 24.9 Å². The van der Waals surface area contributed by atoms with Crippen molar-refractivity contribution in [2.45, 2.75) is 40.8 Å². The largest absolute Gasteiger partial charge is 0.383 e. The Morgan fingerprint density at radius 3 is 2.38 bits per heavy atom. The van der Waals surface area contributed by atoms with Gasteiger partial charge < -0.3 is 9.30 Å². The van der Waals surface area contributed by atoms with E-state index in [2.05, 4.69) is 5.10 Å². The van der Waals surface area contributed by atoms with Crippen LogP contribution in [0.15, 0.2) is 33.9 Å². The van der Waals surface area contributed by atoms with E-state index in [-0.39, 0.29) is 12.1 Å². The Hall–Kier alpha value is -3.46. The summed E-state index contributed by atoms with van der Waals surface area (Å²) < 4.78 is 11.5. The second-order valence-electron chi connectivity index (χ2n) is 8.10. The van der Waals surface area contributed by atoms with Crippen molar-refractivity contribution in [1.82, 2.24) is 28.5 Å². The van der Waals surface area contributed by atoms with E-state index in [1.807, 2.05) is 52.0 Å². The highest BCUT2D eigenvalue weighted by Crippen LogP contribution is 2.20. The number of nitrogens with zero attached hydrogens (tertiary/aromatic N) is 6. The van der Waals surface area contributed by atoms with Crippen LogP contribution in [0, 0.1) is 27.7 Å². The summed E-state index contributed by atoms with van der Waals surface area (Å²) in [6.45, 7) is 8.85. The maximum Gasteiger partial charge on any atom is 0.332 e. The molecule has 0 fully saturated rings. The van der Waals surface area contributed by atoms with E-state index < -0.39 is 5.69 Å². The summed E-state index contributed by atoms with van der Waals surface area (Å²) in [7, 11) is 3.25. The van der Waals surface area contributed by atoms with Gasteiger partial charge in [-0.05, 0) is 44.4 Å². The van der Waals surface area contributed by atoms with Gasteiger partial charge in [-0.3, -0.25) is 13.9 Å². The Morgan fingerprint density at radius 2 is 1.75 bits per heavy atom. The molecule has 0 aliphatic carbocycles. The predicted molar refractivity (Wildman–Crippen MR) is 123 cm³/mol. The lowest BCUT2D eigenvalue weighted by atomic mass is 10.1. The molecule has 0 amide bonds. The summed E-state index contributed by atoms with van der Waals surface area (Å²) in [5.74, 6) is 0.492. The van der Waals surface area contributed by atoms with Crippen LogP contribution >= 0.6 is 0 Å². The van der Waals surface area contributed by atoms with E-state index in [9.17, 15) is 9.59 Å². The van der Waals surface area contributed by atoms with Crippen LogP contribution in [0.3, 0.4) is 0 Å². The van der Waals surface area contributed by atoms with Gasteiger partial charge >= 0.3 is 5.69 Å². The van der Waals surface area contributed by atoms with Crippen LogP contribution in [0.25, 0.3) is 17.1 Å². The topological polar surface area (TPSA) is 88.9 Å². The SMILES string of the molecule is COCCn1c(-n2nc(C)c(C)c2C)nc2c1c(=O)n(Cc1ccccc1C)c(=O)n2C. The van der Waals surface area contributed by atoms with E-state index in [1.165, 1.54) is 9.13 Å². The molecule has 3 heterocycles. The first-order chi connectivity index (χ1) is 15.3. The fourth-order valence-corrected chi connectivity index (χ4v) is 3.93. The van der Waals surface area contributed by atoms with Gasteiger partial charge in [0.1, 0.15) is 0 Å². The molecule has 0 aliphatic heterocycles. The summed E-state index contributed by atoms with van der Waals surface area (Å²) in [6, 6.07) is 7.74. The Morgan fingerprint density at radius 1 is 1.03 bits per heavy atom. The minimum atomic E-state index is -0.404. The average Bonchev–Trinajstić information content (AvgIpc) is 3.27. The minimum absolute atomic E-state index is 0.192. The second-order valence-corrected chi connectivity index (χ2v) is 8.10. The van der Waals surface area contributed by atoms with Gasteiger partial charge in [0.15, 0.2) is 11.2 Å². The lowest BCUT2D eigenvalue weighted by Gasteiger charge is -2.12. The molecular weight excluding hydrogens is 408 g/mol. The molecular formula is C23H28N6O3. The van der Waals surface area contributed by atoms with E-state index in [0.29, 0.717) is 30.3 Å². The maximum atomic E-state index is 13.6. The molecule has 4 rings (SSSR count). The number of aryl methyl sites for hydroxylation is 3. The van der Waals surface area contributed by atoms with Crippen molar-refractivity contribution in [2.24, 2.45) is 7.05 Å². The molecule has 168 valence electrons. The molecule has 0 saturated heterocycles. The van der Waals surface area contributed by atoms with Crippen molar-refractivity contribution >= 4 is 11.2 Å².